The number of aliphatic imine (C=N–C) groups is 1. The molecule has 1 heterocycles. The highest BCUT2D eigenvalue weighted by atomic mass is 35.5. The molecule has 0 aliphatic rings. The van der Waals surface area contributed by atoms with Crippen LogP contribution in [0.15, 0.2) is 65.9 Å². The number of aromatic nitrogens is 1. The van der Waals surface area contributed by atoms with Crippen LogP contribution in [0.5, 0.6) is 0 Å². The molecule has 2 N–H and O–H groups in total. The Balaban J connectivity index is 0.00000208. The van der Waals surface area contributed by atoms with Crippen molar-refractivity contribution < 1.29 is 0 Å². The summed E-state index contributed by atoms with van der Waals surface area (Å²) in [6.07, 6.45) is 4.60. The molecule has 3 aromatic rings. The minimum absolute atomic E-state index is 0. The maximum Gasteiger partial charge on any atom is 0.200 e. The van der Waals surface area contributed by atoms with Crippen molar-refractivity contribution >= 4 is 40.5 Å². The third kappa shape index (κ3) is 3.66. The lowest BCUT2D eigenvalue weighted by molar-refractivity contribution is 1.13. The summed E-state index contributed by atoms with van der Waals surface area (Å²) >= 11 is 0. The number of aryl methyl sites for hydroxylation is 1. The highest BCUT2D eigenvalue weighted by Gasteiger charge is 2.07. The number of halogens is 1. The number of hydrogen-bond donors (Lipinski definition) is 1. The molecule has 0 saturated heterocycles. The second kappa shape index (κ2) is 7.79. The van der Waals surface area contributed by atoms with Gasteiger partial charge in [-0.15, -0.1) is 12.4 Å². The molecule has 0 bridgehead atoms. The molecule has 2 aromatic carbocycles. The summed E-state index contributed by atoms with van der Waals surface area (Å²) in [6.45, 7) is 2.14. The summed E-state index contributed by atoms with van der Waals surface area (Å²) in [5.41, 5.74) is 9.38. The van der Waals surface area contributed by atoms with Crippen molar-refractivity contribution in [2.75, 3.05) is 11.9 Å². The Hall–Kier alpha value is -2.59. The van der Waals surface area contributed by atoms with Gasteiger partial charge in [-0.2, -0.15) is 0 Å². The van der Waals surface area contributed by atoms with Gasteiger partial charge in [0.15, 0.2) is 0 Å². The van der Waals surface area contributed by atoms with Crippen LogP contribution >= 0.6 is 12.4 Å². The predicted molar refractivity (Wildman–Crippen MR) is 104 cm³/mol. The summed E-state index contributed by atoms with van der Waals surface area (Å²) in [4.78, 5) is 10.7. The van der Waals surface area contributed by atoms with Crippen molar-refractivity contribution in [1.82, 2.24) is 4.98 Å². The van der Waals surface area contributed by atoms with Crippen molar-refractivity contribution in [1.29, 1.82) is 0 Å². The van der Waals surface area contributed by atoms with Crippen molar-refractivity contribution in [3.8, 4) is 0 Å². The third-order valence-electron chi connectivity index (χ3n) is 3.94. The van der Waals surface area contributed by atoms with Gasteiger partial charge >= 0.3 is 0 Å². The first-order valence-corrected chi connectivity index (χ1v) is 7.68. The Morgan fingerprint density at radius 3 is 2.75 bits per heavy atom. The van der Waals surface area contributed by atoms with Gasteiger partial charge in [-0.1, -0.05) is 31.2 Å². The summed E-state index contributed by atoms with van der Waals surface area (Å²) in [7, 11) is 1.93. The Bertz CT molecular complexity index is 855. The number of guanidine groups is 1. The lowest BCUT2D eigenvalue weighted by Gasteiger charge is -2.19. The Morgan fingerprint density at radius 2 is 1.96 bits per heavy atom. The van der Waals surface area contributed by atoms with E-state index in [4.69, 9.17) is 5.73 Å². The lowest BCUT2D eigenvalue weighted by Crippen LogP contribution is -2.33. The summed E-state index contributed by atoms with van der Waals surface area (Å²) in [5, 5.41) is 2.10. The van der Waals surface area contributed by atoms with Crippen LogP contribution in [0.4, 0.5) is 11.4 Å². The average molecular weight is 341 g/mol. The minimum atomic E-state index is 0. The van der Waals surface area contributed by atoms with E-state index < -0.39 is 0 Å². The molecule has 124 valence electrons. The highest BCUT2D eigenvalue weighted by molar-refractivity contribution is 6.00. The number of benzene rings is 2. The number of hydrogen-bond acceptors (Lipinski definition) is 2. The van der Waals surface area contributed by atoms with Gasteiger partial charge in [-0.05, 0) is 36.2 Å². The number of fused-ring (bicyclic) bond motifs is 1. The van der Waals surface area contributed by atoms with Gasteiger partial charge in [0.25, 0.3) is 0 Å². The SMILES string of the molecule is CCc1cccc(N(C)C(N)=Nc2cccc3cnccc23)c1.Cl. The van der Waals surface area contributed by atoms with Gasteiger partial charge in [-0.3, -0.25) is 4.98 Å². The molecule has 3 rings (SSSR count). The van der Waals surface area contributed by atoms with E-state index in [1.165, 1.54) is 5.56 Å². The molecule has 0 saturated carbocycles. The summed E-state index contributed by atoms with van der Waals surface area (Å²) in [5.74, 6) is 0.461. The van der Waals surface area contributed by atoms with Gasteiger partial charge in [0.1, 0.15) is 0 Å². The quantitative estimate of drug-likeness (QED) is 0.571. The topological polar surface area (TPSA) is 54.5 Å². The zero-order valence-corrected chi connectivity index (χ0v) is 14.6. The van der Waals surface area contributed by atoms with Crippen LogP contribution in [0.3, 0.4) is 0 Å². The molecule has 0 fully saturated rings. The second-order valence-electron chi connectivity index (χ2n) is 5.43. The number of nitrogens with zero attached hydrogens (tertiary/aromatic N) is 3. The predicted octanol–water partition coefficient (Wildman–Crippen LogP) is 4.30. The fraction of sp³-hybridized carbons (Fsp3) is 0.158. The van der Waals surface area contributed by atoms with E-state index in [1.807, 2.05) is 54.5 Å². The maximum absolute atomic E-state index is 6.22. The first-order chi connectivity index (χ1) is 11.2. The van der Waals surface area contributed by atoms with Crippen LogP contribution in [0, 0.1) is 0 Å². The van der Waals surface area contributed by atoms with E-state index in [-0.39, 0.29) is 12.4 Å². The van der Waals surface area contributed by atoms with Crippen molar-refractivity contribution in [2.24, 2.45) is 10.7 Å². The Morgan fingerprint density at radius 1 is 1.17 bits per heavy atom. The molecular weight excluding hydrogens is 320 g/mol. The van der Waals surface area contributed by atoms with Crippen molar-refractivity contribution in [2.45, 2.75) is 13.3 Å². The number of nitrogens with two attached hydrogens (primary N) is 1. The smallest absolute Gasteiger partial charge is 0.200 e. The molecular formula is C19H21ClN4. The number of pyridine rings is 1. The molecule has 0 unspecified atom stereocenters. The van der Waals surface area contributed by atoms with Crippen LogP contribution in [0.2, 0.25) is 0 Å². The van der Waals surface area contributed by atoms with Gasteiger partial charge in [0, 0.05) is 35.9 Å². The Labute approximate surface area is 148 Å². The molecule has 1 aromatic heterocycles. The normalized spacial score (nSPS) is 11.2. The zero-order valence-electron chi connectivity index (χ0n) is 13.8. The van der Waals surface area contributed by atoms with E-state index >= 15 is 0 Å². The molecule has 0 spiro atoms. The van der Waals surface area contributed by atoms with Crippen LogP contribution in [0.1, 0.15) is 12.5 Å². The van der Waals surface area contributed by atoms with Crippen LogP contribution < -0.4 is 10.6 Å². The van der Waals surface area contributed by atoms with E-state index in [1.54, 1.807) is 6.20 Å². The fourth-order valence-corrected chi connectivity index (χ4v) is 2.52. The zero-order chi connectivity index (χ0) is 16.2. The fourth-order valence-electron chi connectivity index (χ4n) is 2.52. The molecule has 0 amide bonds. The van der Waals surface area contributed by atoms with Gasteiger partial charge in [0.05, 0.1) is 5.69 Å². The molecule has 0 radical (unpaired) electrons. The van der Waals surface area contributed by atoms with E-state index in [0.717, 1.165) is 28.6 Å². The average Bonchev–Trinajstić information content (AvgIpc) is 2.61. The largest absolute Gasteiger partial charge is 0.369 e. The standard InChI is InChI=1S/C19H20N4.ClH/c1-3-14-6-4-8-16(12-14)23(2)19(20)22-18-9-5-7-15-13-21-11-10-17(15)18;/h4-13H,3H2,1-2H3,(H2,20,22);1H. The molecule has 4 nitrogen and oxygen atoms in total. The van der Waals surface area contributed by atoms with Crippen molar-refractivity contribution in [3.63, 3.8) is 0 Å². The first kappa shape index (κ1) is 17.8. The highest BCUT2D eigenvalue weighted by Crippen LogP contribution is 2.25. The number of rotatable bonds is 3. The van der Waals surface area contributed by atoms with E-state index in [0.29, 0.717) is 5.96 Å². The van der Waals surface area contributed by atoms with Crippen molar-refractivity contribution in [3.05, 3.63) is 66.5 Å². The van der Waals surface area contributed by atoms with Crippen LogP contribution in [-0.4, -0.2) is 18.0 Å². The van der Waals surface area contributed by atoms with Crippen LogP contribution in [-0.2, 0) is 6.42 Å². The summed E-state index contributed by atoms with van der Waals surface area (Å²) < 4.78 is 0. The number of anilines is 1. The first-order valence-electron chi connectivity index (χ1n) is 7.68. The lowest BCUT2D eigenvalue weighted by atomic mass is 10.1. The van der Waals surface area contributed by atoms with Gasteiger partial charge in [0.2, 0.25) is 5.96 Å². The molecule has 0 atom stereocenters. The molecule has 0 aliphatic carbocycles. The Kier molecular flexibility index (Phi) is 5.77. The van der Waals surface area contributed by atoms with E-state index in [2.05, 4.69) is 29.0 Å². The molecule has 24 heavy (non-hydrogen) atoms. The summed E-state index contributed by atoms with van der Waals surface area (Å²) in [6, 6.07) is 16.2. The van der Waals surface area contributed by atoms with Gasteiger partial charge < -0.3 is 10.6 Å². The third-order valence-corrected chi connectivity index (χ3v) is 3.94. The van der Waals surface area contributed by atoms with Crippen LogP contribution in [0.25, 0.3) is 10.8 Å². The van der Waals surface area contributed by atoms with E-state index in [9.17, 15) is 0 Å². The molecule has 0 aliphatic heterocycles. The molecule has 5 heteroatoms. The monoisotopic (exact) mass is 340 g/mol. The minimum Gasteiger partial charge on any atom is -0.369 e. The maximum atomic E-state index is 6.22. The second-order valence-corrected chi connectivity index (χ2v) is 5.43. The van der Waals surface area contributed by atoms with Gasteiger partial charge in [-0.25, -0.2) is 4.99 Å².